The van der Waals surface area contributed by atoms with Crippen LogP contribution in [0, 0.1) is 0 Å². The molecule has 4 heteroatoms. The second kappa shape index (κ2) is 7.10. The van der Waals surface area contributed by atoms with E-state index in [0.717, 1.165) is 31.1 Å². The number of aromatic nitrogens is 2. The third kappa shape index (κ3) is 3.20. The molecule has 0 saturated carbocycles. The van der Waals surface area contributed by atoms with Gasteiger partial charge in [-0.05, 0) is 12.6 Å². The fourth-order valence-electron chi connectivity index (χ4n) is 2.49. The molecule has 1 atom stereocenters. The summed E-state index contributed by atoms with van der Waals surface area (Å²) in [5, 5.41) is 3.53. The summed E-state index contributed by atoms with van der Waals surface area (Å²) in [6, 6.07) is 8.40. The molecule has 0 radical (unpaired) electrons. The van der Waals surface area contributed by atoms with Crippen LogP contribution < -0.4 is 10.1 Å². The van der Waals surface area contributed by atoms with E-state index < -0.39 is 0 Å². The van der Waals surface area contributed by atoms with Gasteiger partial charge in [0.15, 0.2) is 0 Å². The van der Waals surface area contributed by atoms with E-state index in [1.54, 1.807) is 7.11 Å². The van der Waals surface area contributed by atoms with Crippen LogP contribution in [0.25, 0.3) is 0 Å². The molecule has 1 aromatic carbocycles. The Balaban J connectivity index is 2.27. The van der Waals surface area contributed by atoms with Gasteiger partial charge in [-0.15, -0.1) is 0 Å². The van der Waals surface area contributed by atoms with Crippen LogP contribution in [0.5, 0.6) is 5.75 Å². The highest BCUT2D eigenvalue weighted by Crippen LogP contribution is 2.26. The van der Waals surface area contributed by atoms with Crippen LogP contribution >= 0.6 is 0 Å². The Morgan fingerprint density at radius 2 is 2.10 bits per heavy atom. The summed E-state index contributed by atoms with van der Waals surface area (Å²) in [4.78, 5) is 4.39. The zero-order chi connectivity index (χ0) is 14.4. The lowest BCUT2D eigenvalue weighted by molar-refractivity contribution is 0.389. The molecular weight excluding hydrogens is 250 g/mol. The number of nitrogens with one attached hydrogen (secondary N) is 1. The summed E-state index contributed by atoms with van der Waals surface area (Å²) in [7, 11) is 1.72. The minimum atomic E-state index is 0.218. The van der Waals surface area contributed by atoms with Crippen LogP contribution in [-0.2, 0) is 13.0 Å². The van der Waals surface area contributed by atoms with Crippen molar-refractivity contribution in [1.82, 2.24) is 14.9 Å². The highest BCUT2D eigenvalue weighted by Gasteiger charge is 2.16. The molecular formula is C16H23N3O. The monoisotopic (exact) mass is 273 g/mol. The highest BCUT2D eigenvalue weighted by molar-refractivity contribution is 5.35. The summed E-state index contributed by atoms with van der Waals surface area (Å²) < 4.78 is 7.69. The number of para-hydroxylation sites is 1. The van der Waals surface area contributed by atoms with Gasteiger partial charge in [-0.2, -0.15) is 0 Å². The fourth-order valence-corrected chi connectivity index (χ4v) is 2.49. The lowest BCUT2D eigenvalue weighted by Gasteiger charge is -2.22. The average molecular weight is 273 g/mol. The minimum absolute atomic E-state index is 0.218. The van der Waals surface area contributed by atoms with E-state index in [9.17, 15) is 0 Å². The van der Waals surface area contributed by atoms with Crippen LogP contribution in [0.3, 0.4) is 0 Å². The van der Waals surface area contributed by atoms with Gasteiger partial charge in [0.1, 0.15) is 11.6 Å². The Morgan fingerprint density at radius 3 is 2.80 bits per heavy atom. The molecule has 1 unspecified atom stereocenters. The minimum Gasteiger partial charge on any atom is -0.496 e. The predicted octanol–water partition coefficient (Wildman–Crippen LogP) is 2.80. The van der Waals surface area contributed by atoms with Gasteiger partial charge in [0.05, 0.1) is 13.2 Å². The molecule has 108 valence electrons. The van der Waals surface area contributed by atoms with Crippen molar-refractivity contribution in [3.8, 4) is 5.75 Å². The SMILES string of the molecule is CCNC(Cn1ccnc1CC)c1ccccc1OC. The van der Waals surface area contributed by atoms with Crippen molar-refractivity contribution in [2.75, 3.05) is 13.7 Å². The molecule has 2 aromatic rings. The number of ether oxygens (including phenoxy) is 1. The lowest BCUT2D eigenvalue weighted by Crippen LogP contribution is -2.26. The summed E-state index contributed by atoms with van der Waals surface area (Å²) >= 11 is 0. The maximum atomic E-state index is 5.48. The van der Waals surface area contributed by atoms with E-state index in [0.29, 0.717) is 0 Å². The number of rotatable bonds is 7. The average Bonchev–Trinajstić information content (AvgIpc) is 2.94. The van der Waals surface area contributed by atoms with E-state index in [1.165, 1.54) is 5.56 Å². The molecule has 0 bridgehead atoms. The Hall–Kier alpha value is -1.81. The molecule has 0 spiro atoms. The summed E-state index contributed by atoms with van der Waals surface area (Å²) in [5.41, 5.74) is 1.19. The van der Waals surface area contributed by atoms with E-state index in [-0.39, 0.29) is 6.04 Å². The van der Waals surface area contributed by atoms with Crippen molar-refractivity contribution < 1.29 is 4.74 Å². The van der Waals surface area contributed by atoms with Crippen molar-refractivity contribution in [3.05, 3.63) is 48.0 Å². The van der Waals surface area contributed by atoms with Gasteiger partial charge < -0.3 is 14.6 Å². The maximum Gasteiger partial charge on any atom is 0.123 e. The summed E-state index contributed by atoms with van der Waals surface area (Å²) in [6.07, 6.45) is 4.85. The zero-order valence-corrected chi connectivity index (χ0v) is 12.5. The Bertz CT molecular complexity index is 536. The fraction of sp³-hybridized carbons (Fsp3) is 0.438. The molecule has 0 aliphatic carbocycles. The standard InChI is InChI=1S/C16H23N3O/c1-4-16-18-10-11-19(16)12-14(17-5-2)13-8-6-7-9-15(13)20-3/h6-11,14,17H,4-5,12H2,1-3H3. The topological polar surface area (TPSA) is 39.1 Å². The first kappa shape index (κ1) is 14.6. The zero-order valence-electron chi connectivity index (χ0n) is 12.5. The number of nitrogens with zero attached hydrogens (tertiary/aromatic N) is 2. The molecule has 0 saturated heterocycles. The normalized spacial score (nSPS) is 12.3. The van der Waals surface area contributed by atoms with Crippen molar-refractivity contribution >= 4 is 0 Å². The molecule has 1 heterocycles. The molecule has 0 fully saturated rings. The molecule has 1 N–H and O–H groups in total. The first-order chi connectivity index (χ1) is 9.80. The van der Waals surface area contributed by atoms with Crippen molar-refractivity contribution in [2.45, 2.75) is 32.9 Å². The van der Waals surface area contributed by atoms with Gasteiger partial charge in [-0.1, -0.05) is 32.0 Å². The molecule has 20 heavy (non-hydrogen) atoms. The van der Waals surface area contributed by atoms with Gasteiger partial charge in [0.25, 0.3) is 0 Å². The number of hydrogen-bond acceptors (Lipinski definition) is 3. The van der Waals surface area contributed by atoms with Crippen molar-refractivity contribution in [2.24, 2.45) is 0 Å². The second-order valence-corrected chi connectivity index (χ2v) is 4.70. The van der Waals surface area contributed by atoms with Gasteiger partial charge >= 0.3 is 0 Å². The molecule has 0 aliphatic rings. The van der Waals surface area contributed by atoms with Crippen LogP contribution in [-0.4, -0.2) is 23.2 Å². The van der Waals surface area contributed by atoms with E-state index in [4.69, 9.17) is 4.74 Å². The second-order valence-electron chi connectivity index (χ2n) is 4.70. The highest BCUT2D eigenvalue weighted by atomic mass is 16.5. The Kier molecular flexibility index (Phi) is 5.18. The van der Waals surface area contributed by atoms with Crippen LogP contribution in [0.15, 0.2) is 36.7 Å². The largest absolute Gasteiger partial charge is 0.496 e. The van der Waals surface area contributed by atoms with Crippen LogP contribution in [0.4, 0.5) is 0 Å². The van der Waals surface area contributed by atoms with Crippen LogP contribution in [0.2, 0.25) is 0 Å². The number of imidazole rings is 1. The molecule has 4 nitrogen and oxygen atoms in total. The first-order valence-electron chi connectivity index (χ1n) is 7.16. The smallest absolute Gasteiger partial charge is 0.123 e. The van der Waals surface area contributed by atoms with Crippen molar-refractivity contribution in [3.63, 3.8) is 0 Å². The number of aryl methyl sites for hydroxylation is 1. The van der Waals surface area contributed by atoms with Gasteiger partial charge in [0, 0.05) is 30.9 Å². The Morgan fingerprint density at radius 1 is 1.30 bits per heavy atom. The molecule has 1 aromatic heterocycles. The van der Waals surface area contributed by atoms with E-state index in [1.807, 2.05) is 24.5 Å². The lowest BCUT2D eigenvalue weighted by atomic mass is 10.1. The number of methoxy groups -OCH3 is 1. The van der Waals surface area contributed by atoms with E-state index in [2.05, 4.69) is 40.8 Å². The molecule has 2 rings (SSSR count). The predicted molar refractivity (Wildman–Crippen MR) is 81.0 cm³/mol. The summed E-state index contributed by atoms with van der Waals surface area (Å²) in [6.45, 7) is 6.03. The van der Waals surface area contributed by atoms with Gasteiger partial charge in [0.2, 0.25) is 0 Å². The van der Waals surface area contributed by atoms with Crippen LogP contribution in [0.1, 0.15) is 31.3 Å². The first-order valence-corrected chi connectivity index (χ1v) is 7.16. The Labute approximate surface area is 120 Å². The summed E-state index contributed by atoms with van der Waals surface area (Å²) in [5.74, 6) is 2.04. The van der Waals surface area contributed by atoms with Gasteiger partial charge in [-0.25, -0.2) is 4.98 Å². The number of benzene rings is 1. The number of hydrogen-bond donors (Lipinski definition) is 1. The quantitative estimate of drug-likeness (QED) is 0.843. The maximum absolute atomic E-state index is 5.48. The third-order valence-corrected chi connectivity index (χ3v) is 3.46. The molecule has 0 aliphatic heterocycles. The number of likely N-dealkylation sites (N-methyl/N-ethyl adjacent to an activating group) is 1. The third-order valence-electron chi connectivity index (χ3n) is 3.46. The molecule has 0 amide bonds. The van der Waals surface area contributed by atoms with Gasteiger partial charge in [-0.3, -0.25) is 0 Å². The van der Waals surface area contributed by atoms with Crippen molar-refractivity contribution in [1.29, 1.82) is 0 Å². The van der Waals surface area contributed by atoms with E-state index >= 15 is 0 Å².